The van der Waals surface area contributed by atoms with Crippen molar-refractivity contribution in [1.29, 1.82) is 0 Å². The second-order valence-corrected chi connectivity index (χ2v) is 5.65. The molecule has 19 heavy (non-hydrogen) atoms. The van der Waals surface area contributed by atoms with Gasteiger partial charge in [-0.1, -0.05) is 12.1 Å². The van der Waals surface area contributed by atoms with Gasteiger partial charge < -0.3 is 20.2 Å². The van der Waals surface area contributed by atoms with Crippen LogP contribution in [0.2, 0.25) is 0 Å². The summed E-state index contributed by atoms with van der Waals surface area (Å²) in [6.07, 6.45) is 0.651. The van der Waals surface area contributed by atoms with Crippen molar-refractivity contribution in [2.24, 2.45) is 0 Å². The smallest absolute Gasteiger partial charge is 0.0735 e. The molecule has 1 heterocycles. The van der Waals surface area contributed by atoms with E-state index in [1.165, 1.54) is 11.3 Å². The summed E-state index contributed by atoms with van der Waals surface area (Å²) in [5, 5.41) is 13.1. The quantitative estimate of drug-likeness (QED) is 0.828. The molecule has 1 aliphatic heterocycles. The van der Waals surface area contributed by atoms with Crippen LogP contribution < -0.4 is 10.2 Å². The minimum Gasteiger partial charge on any atom is -0.391 e. The normalized spacial score (nSPS) is 23.3. The third-order valence-corrected chi connectivity index (χ3v) is 3.62. The number of anilines is 1. The number of hydrogen-bond acceptors (Lipinski definition) is 4. The molecule has 1 aromatic carbocycles. The minimum absolute atomic E-state index is 0.207. The Hall–Kier alpha value is -1.10. The lowest BCUT2D eigenvalue weighted by molar-refractivity contribution is 0.191. The van der Waals surface area contributed by atoms with E-state index in [1.54, 1.807) is 0 Å². The second kappa shape index (κ2) is 6.37. The van der Waals surface area contributed by atoms with Gasteiger partial charge in [-0.05, 0) is 45.3 Å². The van der Waals surface area contributed by atoms with Crippen molar-refractivity contribution in [3.8, 4) is 0 Å². The van der Waals surface area contributed by atoms with Crippen molar-refractivity contribution in [1.82, 2.24) is 10.2 Å². The molecule has 1 saturated heterocycles. The number of likely N-dealkylation sites (N-methyl/N-ethyl adjacent to an activating group) is 1. The van der Waals surface area contributed by atoms with Crippen molar-refractivity contribution < 1.29 is 5.11 Å². The Morgan fingerprint density at radius 1 is 1.32 bits per heavy atom. The number of hydrogen-bond donors (Lipinski definition) is 2. The van der Waals surface area contributed by atoms with Crippen LogP contribution in [0.5, 0.6) is 0 Å². The molecule has 1 aliphatic rings. The lowest BCUT2D eigenvalue weighted by atomic mass is 10.1. The van der Waals surface area contributed by atoms with E-state index in [2.05, 4.69) is 53.5 Å². The number of rotatable bonds is 5. The van der Waals surface area contributed by atoms with E-state index < -0.39 is 0 Å². The molecule has 2 atom stereocenters. The Morgan fingerprint density at radius 2 is 2.00 bits per heavy atom. The number of β-amino-alcohol motifs (C(OH)–C–C–N with tert-alkyl or cyclic N) is 1. The molecule has 106 valence electrons. The summed E-state index contributed by atoms with van der Waals surface area (Å²) in [5.41, 5.74) is 2.50. The van der Waals surface area contributed by atoms with E-state index in [0.29, 0.717) is 6.04 Å². The lowest BCUT2D eigenvalue weighted by Crippen LogP contribution is -2.37. The highest BCUT2D eigenvalue weighted by Gasteiger charge is 2.31. The van der Waals surface area contributed by atoms with Crippen molar-refractivity contribution in [2.75, 3.05) is 39.1 Å². The van der Waals surface area contributed by atoms with Gasteiger partial charge in [0.25, 0.3) is 0 Å². The molecular formula is C15H25N3O. The number of benzene rings is 1. The van der Waals surface area contributed by atoms with Crippen LogP contribution in [0.15, 0.2) is 24.3 Å². The summed E-state index contributed by atoms with van der Waals surface area (Å²) in [4.78, 5) is 4.51. The number of nitrogens with one attached hydrogen (secondary N) is 1. The standard InChI is InChI=1S/C15H25N3O/c1-16-9-12-4-6-13(7-5-12)18-11-15(19)8-14(18)10-17(2)3/h4-7,14-16,19H,8-11H2,1-3H3. The van der Waals surface area contributed by atoms with Gasteiger partial charge in [0, 0.05) is 31.4 Å². The Labute approximate surface area is 116 Å². The lowest BCUT2D eigenvalue weighted by Gasteiger charge is -2.28. The van der Waals surface area contributed by atoms with Crippen LogP contribution in [0.1, 0.15) is 12.0 Å². The average molecular weight is 263 g/mol. The van der Waals surface area contributed by atoms with E-state index in [0.717, 1.165) is 26.1 Å². The highest BCUT2D eigenvalue weighted by atomic mass is 16.3. The van der Waals surface area contributed by atoms with Crippen LogP contribution in [0.25, 0.3) is 0 Å². The third kappa shape index (κ3) is 3.69. The first kappa shape index (κ1) is 14.3. The van der Waals surface area contributed by atoms with Gasteiger partial charge in [-0.3, -0.25) is 0 Å². The van der Waals surface area contributed by atoms with Crippen LogP contribution in [0.3, 0.4) is 0 Å². The second-order valence-electron chi connectivity index (χ2n) is 5.65. The SMILES string of the molecule is CNCc1ccc(N2CC(O)CC2CN(C)C)cc1. The summed E-state index contributed by atoms with van der Waals surface area (Å²) >= 11 is 0. The van der Waals surface area contributed by atoms with E-state index in [1.807, 2.05) is 7.05 Å². The molecule has 4 nitrogen and oxygen atoms in total. The highest BCUT2D eigenvalue weighted by molar-refractivity contribution is 5.50. The van der Waals surface area contributed by atoms with E-state index in [9.17, 15) is 5.11 Å². The fraction of sp³-hybridized carbons (Fsp3) is 0.600. The largest absolute Gasteiger partial charge is 0.391 e. The van der Waals surface area contributed by atoms with Crippen LogP contribution in [-0.4, -0.2) is 56.4 Å². The predicted molar refractivity (Wildman–Crippen MR) is 79.5 cm³/mol. The van der Waals surface area contributed by atoms with Crippen molar-refractivity contribution in [3.05, 3.63) is 29.8 Å². The molecule has 0 aliphatic carbocycles. The molecule has 0 saturated carbocycles. The maximum absolute atomic E-state index is 9.91. The minimum atomic E-state index is -0.207. The van der Waals surface area contributed by atoms with Crippen molar-refractivity contribution >= 4 is 5.69 Å². The topological polar surface area (TPSA) is 38.7 Å². The molecule has 4 heteroatoms. The monoisotopic (exact) mass is 263 g/mol. The zero-order chi connectivity index (χ0) is 13.8. The van der Waals surface area contributed by atoms with E-state index in [-0.39, 0.29) is 6.10 Å². The molecule has 0 amide bonds. The first-order chi connectivity index (χ1) is 9.10. The predicted octanol–water partition coefficient (Wildman–Crippen LogP) is 0.907. The van der Waals surface area contributed by atoms with Crippen LogP contribution in [0, 0.1) is 0 Å². The summed E-state index contributed by atoms with van der Waals surface area (Å²) < 4.78 is 0. The zero-order valence-corrected chi connectivity index (χ0v) is 12.1. The third-order valence-electron chi connectivity index (χ3n) is 3.62. The molecule has 2 rings (SSSR count). The summed E-state index contributed by atoms with van der Waals surface area (Å²) in [6, 6.07) is 9.04. The number of aliphatic hydroxyl groups excluding tert-OH is 1. The van der Waals surface area contributed by atoms with Gasteiger partial charge in [-0.15, -0.1) is 0 Å². The molecule has 0 aromatic heterocycles. The fourth-order valence-electron chi connectivity index (χ4n) is 2.81. The molecule has 1 fully saturated rings. The van der Waals surface area contributed by atoms with Crippen LogP contribution in [-0.2, 0) is 6.54 Å². The Kier molecular flexibility index (Phi) is 4.80. The van der Waals surface area contributed by atoms with E-state index >= 15 is 0 Å². The van der Waals surface area contributed by atoms with Crippen LogP contribution >= 0.6 is 0 Å². The molecule has 2 N–H and O–H groups in total. The van der Waals surface area contributed by atoms with Gasteiger partial charge in [0.15, 0.2) is 0 Å². The maximum Gasteiger partial charge on any atom is 0.0735 e. The van der Waals surface area contributed by atoms with Gasteiger partial charge in [0.1, 0.15) is 0 Å². The molecule has 0 spiro atoms. The van der Waals surface area contributed by atoms with Gasteiger partial charge in [-0.25, -0.2) is 0 Å². The van der Waals surface area contributed by atoms with E-state index in [4.69, 9.17) is 0 Å². The van der Waals surface area contributed by atoms with Gasteiger partial charge >= 0.3 is 0 Å². The van der Waals surface area contributed by atoms with Gasteiger partial charge in [0.2, 0.25) is 0 Å². The fourth-order valence-corrected chi connectivity index (χ4v) is 2.81. The van der Waals surface area contributed by atoms with Gasteiger partial charge in [-0.2, -0.15) is 0 Å². The first-order valence-corrected chi connectivity index (χ1v) is 6.93. The maximum atomic E-state index is 9.91. The first-order valence-electron chi connectivity index (χ1n) is 6.93. The Bertz CT molecular complexity index is 391. The summed E-state index contributed by atoms with van der Waals surface area (Å²) in [5.74, 6) is 0. The van der Waals surface area contributed by atoms with Crippen LogP contribution in [0.4, 0.5) is 5.69 Å². The Balaban J connectivity index is 2.09. The van der Waals surface area contributed by atoms with Gasteiger partial charge in [0.05, 0.1) is 6.10 Å². The summed E-state index contributed by atoms with van der Waals surface area (Å²) in [7, 11) is 6.12. The molecular weight excluding hydrogens is 238 g/mol. The zero-order valence-electron chi connectivity index (χ0n) is 12.1. The van der Waals surface area contributed by atoms with Crippen molar-refractivity contribution in [3.63, 3.8) is 0 Å². The molecule has 0 bridgehead atoms. The Morgan fingerprint density at radius 3 is 2.58 bits per heavy atom. The summed E-state index contributed by atoms with van der Waals surface area (Å²) in [6.45, 7) is 2.61. The highest BCUT2D eigenvalue weighted by Crippen LogP contribution is 2.26. The number of nitrogens with zero attached hydrogens (tertiary/aromatic N) is 2. The molecule has 2 unspecified atom stereocenters. The molecule has 1 aromatic rings. The van der Waals surface area contributed by atoms with Crippen molar-refractivity contribution in [2.45, 2.75) is 25.1 Å². The molecule has 0 radical (unpaired) electrons. The number of aliphatic hydroxyl groups is 1. The average Bonchev–Trinajstić information content (AvgIpc) is 2.71.